The molecule has 0 bridgehead atoms. The van der Waals surface area contributed by atoms with Gasteiger partial charge in [-0.2, -0.15) is 0 Å². The van der Waals surface area contributed by atoms with Crippen molar-refractivity contribution in [2.75, 3.05) is 0 Å². The lowest BCUT2D eigenvalue weighted by atomic mass is 10.1. The number of fused-ring (bicyclic) bond motifs is 1. The number of aromatic nitrogens is 3. The molecule has 19 heavy (non-hydrogen) atoms. The van der Waals surface area contributed by atoms with Crippen LogP contribution in [0.25, 0.3) is 22.3 Å². The number of aromatic carboxylic acids is 1. The number of rotatable bonds is 2. The molecule has 0 aliphatic rings. The summed E-state index contributed by atoms with van der Waals surface area (Å²) < 4.78 is 0. The lowest BCUT2D eigenvalue weighted by Crippen LogP contribution is -1.94. The van der Waals surface area contributed by atoms with Gasteiger partial charge in [-0.05, 0) is 36.8 Å². The molecule has 5 heteroatoms. The zero-order chi connectivity index (χ0) is 13.4. The van der Waals surface area contributed by atoms with Crippen molar-refractivity contribution in [3.05, 3.63) is 47.9 Å². The van der Waals surface area contributed by atoms with Crippen LogP contribution in [0.4, 0.5) is 0 Å². The molecule has 0 spiro atoms. The number of nitrogens with zero attached hydrogens (tertiary/aromatic N) is 2. The van der Waals surface area contributed by atoms with Gasteiger partial charge in [0.1, 0.15) is 6.33 Å². The van der Waals surface area contributed by atoms with Crippen molar-refractivity contribution in [1.82, 2.24) is 15.0 Å². The predicted molar refractivity (Wildman–Crippen MR) is 71.0 cm³/mol. The Kier molecular flexibility index (Phi) is 2.52. The van der Waals surface area contributed by atoms with E-state index in [-0.39, 0.29) is 5.56 Å². The first-order valence-corrected chi connectivity index (χ1v) is 5.79. The highest BCUT2D eigenvalue weighted by molar-refractivity contribution is 5.97. The zero-order valence-electron chi connectivity index (χ0n) is 10.2. The summed E-state index contributed by atoms with van der Waals surface area (Å²) in [6, 6.07) is 6.85. The third kappa shape index (κ3) is 1.85. The Hall–Kier alpha value is -2.69. The molecule has 0 amide bonds. The van der Waals surface area contributed by atoms with Gasteiger partial charge in [-0.3, -0.25) is 0 Å². The van der Waals surface area contributed by atoms with Crippen molar-refractivity contribution in [2.45, 2.75) is 6.92 Å². The minimum Gasteiger partial charge on any atom is -0.478 e. The first kappa shape index (κ1) is 11.4. The van der Waals surface area contributed by atoms with Crippen LogP contribution in [-0.2, 0) is 0 Å². The first-order valence-electron chi connectivity index (χ1n) is 5.79. The number of carboxylic acids is 1. The molecular weight excluding hydrogens is 242 g/mol. The Bertz CT molecular complexity index is 763. The van der Waals surface area contributed by atoms with Crippen molar-refractivity contribution < 1.29 is 9.90 Å². The van der Waals surface area contributed by atoms with Gasteiger partial charge in [0.05, 0.1) is 17.0 Å². The topological polar surface area (TPSA) is 78.9 Å². The lowest BCUT2D eigenvalue weighted by Gasteiger charge is -1.98. The maximum Gasteiger partial charge on any atom is 0.335 e. The predicted octanol–water partition coefficient (Wildman–Crippen LogP) is 2.63. The molecule has 0 fully saturated rings. The van der Waals surface area contributed by atoms with E-state index in [9.17, 15) is 4.79 Å². The summed E-state index contributed by atoms with van der Waals surface area (Å²) in [6.45, 7) is 1.95. The lowest BCUT2D eigenvalue weighted by molar-refractivity contribution is 0.0697. The molecule has 5 nitrogen and oxygen atoms in total. The molecule has 2 aromatic heterocycles. The van der Waals surface area contributed by atoms with Gasteiger partial charge in [0, 0.05) is 17.1 Å². The number of aromatic amines is 1. The van der Waals surface area contributed by atoms with Gasteiger partial charge < -0.3 is 10.1 Å². The van der Waals surface area contributed by atoms with E-state index in [4.69, 9.17) is 5.11 Å². The van der Waals surface area contributed by atoms with E-state index in [2.05, 4.69) is 15.0 Å². The van der Waals surface area contributed by atoms with Crippen LogP contribution < -0.4 is 0 Å². The van der Waals surface area contributed by atoms with Crippen LogP contribution in [0, 0.1) is 6.92 Å². The molecule has 0 radical (unpaired) electrons. The summed E-state index contributed by atoms with van der Waals surface area (Å²) in [7, 11) is 0. The van der Waals surface area contributed by atoms with Crippen LogP contribution in [-0.4, -0.2) is 26.0 Å². The van der Waals surface area contributed by atoms with Gasteiger partial charge in [-0.25, -0.2) is 14.8 Å². The summed E-state index contributed by atoms with van der Waals surface area (Å²) in [5.74, 6) is -0.925. The maximum absolute atomic E-state index is 11.0. The second-order valence-corrected chi connectivity index (χ2v) is 4.29. The number of carboxylic acid groups (broad SMARTS) is 1. The molecule has 2 N–H and O–H groups in total. The summed E-state index contributed by atoms with van der Waals surface area (Å²) in [6.07, 6.45) is 3.17. The van der Waals surface area contributed by atoms with Gasteiger partial charge in [-0.1, -0.05) is 0 Å². The highest BCUT2D eigenvalue weighted by Crippen LogP contribution is 2.28. The van der Waals surface area contributed by atoms with Crippen LogP contribution in [0.15, 0.2) is 36.8 Å². The molecule has 0 unspecified atom stereocenters. The quantitative estimate of drug-likeness (QED) is 0.735. The Morgan fingerprint density at radius 2 is 2.16 bits per heavy atom. The van der Waals surface area contributed by atoms with Gasteiger partial charge in [0.15, 0.2) is 0 Å². The summed E-state index contributed by atoms with van der Waals surface area (Å²) in [5, 5.41) is 9.92. The minimum absolute atomic E-state index is 0.281. The van der Waals surface area contributed by atoms with E-state index in [1.807, 2.05) is 13.0 Å². The van der Waals surface area contributed by atoms with Crippen molar-refractivity contribution in [2.24, 2.45) is 0 Å². The fourth-order valence-corrected chi connectivity index (χ4v) is 2.15. The molecule has 0 aliphatic heterocycles. The van der Waals surface area contributed by atoms with E-state index in [1.54, 1.807) is 24.4 Å². The number of hydrogen-bond donors (Lipinski definition) is 2. The summed E-state index contributed by atoms with van der Waals surface area (Å²) in [5.41, 5.74) is 3.84. The smallest absolute Gasteiger partial charge is 0.335 e. The van der Waals surface area contributed by atoms with E-state index in [0.717, 1.165) is 27.9 Å². The molecule has 1 aromatic carbocycles. The van der Waals surface area contributed by atoms with Crippen molar-refractivity contribution in [1.29, 1.82) is 0 Å². The first-order chi connectivity index (χ1) is 9.16. The van der Waals surface area contributed by atoms with Gasteiger partial charge >= 0.3 is 5.97 Å². The largest absolute Gasteiger partial charge is 0.478 e. The monoisotopic (exact) mass is 253 g/mol. The average Bonchev–Trinajstić information content (AvgIpc) is 2.77. The number of carbonyl (C=O) groups is 1. The number of nitrogens with one attached hydrogen (secondary N) is 1. The molecule has 94 valence electrons. The van der Waals surface area contributed by atoms with Gasteiger partial charge in [0.25, 0.3) is 0 Å². The average molecular weight is 253 g/mol. The molecule has 0 saturated carbocycles. The van der Waals surface area contributed by atoms with Gasteiger partial charge in [-0.15, -0.1) is 0 Å². The van der Waals surface area contributed by atoms with E-state index >= 15 is 0 Å². The third-order valence-electron chi connectivity index (χ3n) is 3.14. The minimum atomic E-state index is -0.925. The molecule has 0 aliphatic carbocycles. The number of aryl methyl sites for hydroxylation is 1. The number of benzene rings is 1. The molecule has 0 saturated heterocycles. The van der Waals surface area contributed by atoms with Crippen molar-refractivity contribution >= 4 is 16.9 Å². The summed E-state index contributed by atoms with van der Waals surface area (Å²) in [4.78, 5) is 22.4. The zero-order valence-corrected chi connectivity index (χ0v) is 10.2. The molecular formula is C14H11N3O2. The second kappa shape index (κ2) is 4.20. The SMILES string of the molecule is Cc1c(-c2ccncn2)[nH]c2ccc(C(=O)O)cc12. The Balaban J connectivity index is 2.24. The fraction of sp³-hybridized carbons (Fsp3) is 0.0714. The van der Waals surface area contributed by atoms with Crippen LogP contribution in [0.1, 0.15) is 15.9 Å². The highest BCUT2D eigenvalue weighted by atomic mass is 16.4. The van der Waals surface area contributed by atoms with Gasteiger partial charge in [0.2, 0.25) is 0 Å². The van der Waals surface area contributed by atoms with Crippen LogP contribution in [0.5, 0.6) is 0 Å². The normalized spacial score (nSPS) is 10.8. The third-order valence-corrected chi connectivity index (χ3v) is 3.14. The molecule has 3 aromatic rings. The second-order valence-electron chi connectivity index (χ2n) is 4.29. The van der Waals surface area contributed by atoms with Crippen molar-refractivity contribution in [3.63, 3.8) is 0 Å². The maximum atomic E-state index is 11.0. The Labute approximate surface area is 109 Å². The van der Waals surface area contributed by atoms with E-state index < -0.39 is 5.97 Å². The van der Waals surface area contributed by atoms with Crippen LogP contribution >= 0.6 is 0 Å². The highest BCUT2D eigenvalue weighted by Gasteiger charge is 2.12. The van der Waals surface area contributed by atoms with E-state index in [1.165, 1.54) is 6.33 Å². The molecule has 2 heterocycles. The summed E-state index contributed by atoms with van der Waals surface area (Å²) >= 11 is 0. The molecule has 0 atom stereocenters. The molecule has 3 rings (SSSR count). The fourth-order valence-electron chi connectivity index (χ4n) is 2.15. The van der Waals surface area contributed by atoms with Crippen LogP contribution in [0.3, 0.4) is 0 Å². The Morgan fingerprint density at radius 1 is 1.32 bits per heavy atom. The Morgan fingerprint density at radius 3 is 2.84 bits per heavy atom. The number of H-pyrrole nitrogens is 1. The van der Waals surface area contributed by atoms with Crippen LogP contribution in [0.2, 0.25) is 0 Å². The number of hydrogen-bond acceptors (Lipinski definition) is 3. The standard InChI is InChI=1S/C14H11N3O2/c1-8-10-6-9(14(18)19)2-3-11(10)17-13(8)12-4-5-15-7-16-12/h2-7,17H,1H3,(H,18,19). The van der Waals surface area contributed by atoms with E-state index in [0.29, 0.717) is 0 Å². The van der Waals surface area contributed by atoms with Crippen molar-refractivity contribution in [3.8, 4) is 11.4 Å².